The second-order valence-electron chi connectivity index (χ2n) is 5.75. The fourth-order valence-corrected chi connectivity index (χ4v) is 3.64. The topological polar surface area (TPSA) is 67.1 Å². The minimum atomic E-state index is 0.532. The molecular weight excluding hydrogens is 254 g/mol. The van der Waals surface area contributed by atoms with Crippen molar-refractivity contribution in [2.45, 2.75) is 44.7 Å². The highest BCUT2D eigenvalue weighted by molar-refractivity contribution is 5.88. The third kappa shape index (κ3) is 1.78. The van der Waals surface area contributed by atoms with Crippen molar-refractivity contribution in [1.29, 1.82) is 0 Å². The lowest BCUT2D eigenvalue weighted by atomic mass is 10.0. The SMILES string of the molecule is Cc1noc2ncnc(N3CCCC3C3CCCN3)c12. The van der Waals surface area contributed by atoms with Crippen LogP contribution in [-0.2, 0) is 0 Å². The summed E-state index contributed by atoms with van der Waals surface area (Å²) in [5, 5.41) is 8.63. The second-order valence-corrected chi connectivity index (χ2v) is 5.75. The molecular formula is C14H19N5O. The summed E-state index contributed by atoms with van der Waals surface area (Å²) in [7, 11) is 0. The van der Waals surface area contributed by atoms with Crippen LogP contribution in [0.5, 0.6) is 0 Å². The van der Waals surface area contributed by atoms with Gasteiger partial charge in [-0.05, 0) is 39.2 Å². The molecule has 1 N–H and O–H groups in total. The zero-order valence-corrected chi connectivity index (χ0v) is 11.7. The fraction of sp³-hybridized carbons (Fsp3) is 0.643. The number of aryl methyl sites for hydroxylation is 1. The van der Waals surface area contributed by atoms with Crippen molar-refractivity contribution in [2.75, 3.05) is 18.0 Å². The molecule has 2 aliphatic heterocycles. The molecule has 0 saturated carbocycles. The van der Waals surface area contributed by atoms with Gasteiger partial charge in [-0.1, -0.05) is 5.16 Å². The van der Waals surface area contributed by atoms with Gasteiger partial charge in [-0.15, -0.1) is 0 Å². The van der Waals surface area contributed by atoms with Crippen molar-refractivity contribution in [1.82, 2.24) is 20.4 Å². The van der Waals surface area contributed by atoms with Gasteiger partial charge in [0.1, 0.15) is 17.5 Å². The number of hydrogen-bond acceptors (Lipinski definition) is 6. The number of hydrogen-bond donors (Lipinski definition) is 1. The Bertz CT molecular complexity index is 619. The predicted molar refractivity (Wildman–Crippen MR) is 75.7 cm³/mol. The lowest BCUT2D eigenvalue weighted by Crippen LogP contribution is -2.44. The maximum Gasteiger partial charge on any atom is 0.263 e. The number of anilines is 1. The Hall–Kier alpha value is -1.69. The van der Waals surface area contributed by atoms with E-state index in [2.05, 4.69) is 25.3 Å². The maximum atomic E-state index is 5.27. The normalized spacial score (nSPS) is 26.8. The summed E-state index contributed by atoms with van der Waals surface area (Å²) in [6.45, 7) is 4.15. The first-order chi connectivity index (χ1) is 9.84. The second kappa shape index (κ2) is 4.70. The molecule has 2 aliphatic rings. The molecule has 4 rings (SSSR count). The molecule has 2 fully saturated rings. The van der Waals surface area contributed by atoms with Gasteiger partial charge in [0, 0.05) is 18.6 Å². The molecule has 0 bridgehead atoms. The third-order valence-electron chi connectivity index (χ3n) is 4.56. The molecule has 0 spiro atoms. The van der Waals surface area contributed by atoms with Crippen molar-refractivity contribution < 1.29 is 4.52 Å². The van der Waals surface area contributed by atoms with Crippen molar-refractivity contribution in [3.63, 3.8) is 0 Å². The number of fused-ring (bicyclic) bond motifs is 1. The van der Waals surface area contributed by atoms with Crippen molar-refractivity contribution in [2.24, 2.45) is 0 Å². The average molecular weight is 273 g/mol. The largest absolute Gasteiger partial charge is 0.351 e. The Labute approximate surface area is 117 Å². The van der Waals surface area contributed by atoms with Gasteiger partial charge in [-0.25, -0.2) is 4.98 Å². The van der Waals surface area contributed by atoms with Gasteiger partial charge in [-0.3, -0.25) is 0 Å². The summed E-state index contributed by atoms with van der Waals surface area (Å²) < 4.78 is 5.27. The van der Waals surface area contributed by atoms with Gasteiger partial charge in [-0.2, -0.15) is 4.98 Å². The molecule has 2 unspecified atom stereocenters. The summed E-state index contributed by atoms with van der Waals surface area (Å²) in [4.78, 5) is 11.1. The summed E-state index contributed by atoms with van der Waals surface area (Å²) in [5.74, 6) is 0.991. The van der Waals surface area contributed by atoms with Gasteiger partial charge >= 0.3 is 0 Å². The summed E-state index contributed by atoms with van der Waals surface area (Å²) in [6.07, 6.45) is 6.57. The van der Waals surface area contributed by atoms with Gasteiger partial charge in [0.2, 0.25) is 0 Å². The third-order valence-corrected chi connectivity index (χ3v) is 4.56. The summed E-state index contributed by atoms with van der Waals surface area (Å²) >= 11 is 0. The van der Waals surface area contributed by atoms with Gasteiger partial charge in [0.05, 0.1) is 5.69 Å². The Kier molecular flexibility index (Phi) is 2.84. The highest BCUT2D eigenvalue weighted by atomic mass is 16.5. The number of aromatic nitrogens is 3. The fourth-order valence-electron chi connectivity index (χ4n) is 3.64. The van der Waals surface area contributed by atoms with E-state index in [0.29, 0.717) is 17.8 Å². The van der Waals surface area contributed by atoms with Crippen LogP contribution in [0.2, 0.25) is 0 Å². The Morgan fingerprint density at radius 1 is 1.30 bits per heavy atom. The van der Waals surface area contributed by atoms with Crippen molar-refractivity contribution in [3.8, 4) is 0 Å². The van der Waals surface area contributed by atoms with Gasteiger partial charge in [0.25, 0.3) is 5.71 Å². The molecule has 20 heavy (non-hydrogen) atoms. The molecule has 6 heteroatoms. The first kappa shape index (κ1) is 12.1. The number of rotatable bonds is 2. The predicted octanol–water partition coefficient (Wildman–Crippen LogP) is 1.65. The van der Waals surface area contributed by atoms with E-state index < -0.39 is 0 Å². The van der Waals surface area contributed by atoms with Crippen LogP contribution in [0.15, 0.2) is 10.9 Å². The van der Waals surface area contributed by atoms with E-state index in [-0.39, 0.29) is 0 Å². The summed E-state index contributed by atoms with van der Waals surface area (Å²) in [6, 6.07) is 1.12. The molecule has 4 heterocycles. The Morgan fingerprint density at radius 3 is 3.10 bits per heavy atom. The number of nitrogens with zero attached hydrogens (tertiary/aromatic N) is 4. The molecule has 6 nitrogen and oxygen atoms in total. The van der Waals surface area contributed by atoms with E-state index in [0.717, 1.165) is 30.0 Å². The monoisotopic (exact) mass is 273 g/mol. The molecule has 0 aromatic carbocycles. The van der Waals surface area contributed by atoms with Crippen molar-refractivity contribution >= 4 is 16.9 Å². The Balaban J connectivity index is 1.75. The maximum absolute atomic E-state index is 5.27. The Morgan fingerprint density at radius 2 is 2.25 bits per heavy atom. The first-order valence-electron chi connectivity index (χ1n) is 7.41. The van der Waals surface area contributed by atoms with E-state index in [1.54, 1.807) is 6.33 Å². The minimum absolute atomic E-state index is 0.532. The lowest BCUT2D eigenvalue weighted by Gasteiger charge is -2.30. The van der Waals surface area contributed by atoms with Crippen LogP contribution >= 0.6 is 0 Å². The smallest absolute Gasteiger partial charge is 0.263 e. The van der Waals surface area contributed by atoms with Crippen LogP contribution in [0.1, 0.15) is 31.4 Å². The molecule has 0 amide bonds. The van der Waals surface area contributed by atoms with E-state index in [1.165, 1.54) is 25.7 Å². The molecule has 2 aromatic heterocycles. The van der Waals surface area contributed by atoms with E-state index >= 15 is 0 Å². The minimum Gasteiger partial charge on any atom is -0.351 e. The van der Waals surface area contributed by atoms with Gasteiger partial charge in [0.15, 0.2) is 0 Å². The van der Waals surface area contributed by atoms with Crippen LogP contribution in [-0.4, -0.2) is 40.3 Å². The number of nitrogens with one attached hydrogen (secondary N) is 1. The highest BCUT2D eigenvalue weighted by Crippen LogP contribution is 2.33. The van der Waals surface area contributed by atoms with Gasteiger partial charge < -0.3 is 14.7 Å². The van der Waals surface area contributed by atoms with Crippen LogP contribution in [0.3, 0.4) is 0 Å². The lowest BCUT2D eigenvalue weighted by molar-refractivity contribution is 0.442. The summed E-state index contributed by atoms with van der Waals surface area (Å²) in [5.41, 5.74) is 1.47. The quantitative estimate of drug-likeness (QED) is 0.897. The van der Waals surface area contributed by atoms with E-state index in [9.17, 15) is 0 Å². The highest BCUT2D eigenvalue weighted by Gasteiger charge is 2.35. The molecule has 106 valence electrons. The standard InChI is InChI=1S/C14H19N5O/c1-9-12-13(16-8-17-14(12)20-18-9)19-7-3-5-11(19)10-4-2-6-15-10/h8,10-11,15H,2-7H2,1H3. The average Bonchev–Trinajstić information content (AvgIpc) is 3.18. The first-order valence-corrected chi connectivity index (χ1v) is 7.41. The van der Waals surface area contributed by atoms with E-state index in [4.69, 9.17) is 4.52 Å². The van der Waals surface area contributed by atoms with Crippen LogP contribution in [0, 0.1) is 6.92 Å². The molecule has 0 radical (unpaired) electrons. The molecule has 2 aromatic rings. The zero-order valence-electron chi connectivity index (χ0n) is 11.7. The van der Waals surface area contributed by atoms with Crippen molar-refractivity contribution in [3.05, 3.63) is 12.0 Å². The van der Waals surface area contributed by atoms with Crippen LogP contribution in [0.25, 0.3) is 11.1 Å². The van der Waals surface area contributed by atoms with E-state index in [1.807, 2.05) is 6.92 Å². The zero-order chi connectivity index (χ0) is 13.5. The van der Waals surface area contributed by atoms with Crippen LogP contribution < -0.4 is 10.2 Å². The molecule has 2 saturated heterocycles. The molecule has 0 aliphatic carbocycles. The molecule has 2 atom stereocenters. The van der Waals surface area contributed by atoms with Crippen LogP contribution in [0.4, 0.5) is 5.82 Å².